The van der Waals surface area contributed by atoms with Crippen molar-refractivity contribution in [2.24, 2.45) is 0 Å². The van der Waals surface area contributed by atoms with E-state index in [1.807, 2.05) is 36.1 Å². The van der Waals surface area contributed by atoms with Crippen LogP contribution in [-0.4, -0.2) is 61.1 Å². The van der Waals surface area contributed by atoms with E-state index in [9.17, 15) is 10.1 Å². The second-order valence-electron chi connectivity index (χ2n) is 10.4. The number of nitriles is 1. The molecule has 1 N–H and O–H groups in total. The van der Waals surface area contributed by atoms with Crippen LogP contribution in [0.4, 0.5) is 17.2 Å². The van der Waals surface area contributed by atoms with Gasteiger partial charge in [0.05, 0.1) is 11.3 Å². The number of hydrogen-bond donors (Lipinski definition) is 1. The first-order valence-electron chi connectivity index (χ1n) is 13.5. The number of nitrogens with zero attached hydrogens (tertiary/aromatic N) is 5. The quantitative estimate of drug-likeness (QED) is 0.527. The molecule has 2 aliphatic rings. The third-order valence-corrected chi connectivity index (χ3v) is 7.83. The highest BCUT2D eigenvalue weighted by molar-refractivity contribution is 5.94. The number of nitrogens with one attached hydrogen (secondary N) is 1. The summed E-state index contributed by atoms with van der Waals surface area (Å²) >= 11 is 0. The molecule has 0 saturated carbocycles. The van der Waals surface area contributed by atoms with Gasteiger partial charge in [-0.15, -0.1) is 0 Å². The number of carbonyl (C=O) groups is 1. The number of pyridine rings is 1. The highest BCUT2D eigenvalue weighted by Crippen LogP contribution is 2.27. The monoisotopic (exact) mass is 508 g/mol. The highest BCUT2D eigenvalue weighted by Gasteiger charge is 2.27. The predicted octanol–water partition coefficient (Wildman–Crippen LogP) is 4.92. The molecule has 0 atom stereocenters. The van der Waals surface area contributed by atoms with E-state index in [1.54, 1.807) is 0 Å². The van der Waals surface area contributed by atoms with Crippen molar-refractivity contribution in [1.82, 2.24) is 9.88 Å². The maximum Gasteiger partial charge on any atom is 0.272 e. The lowest BCUT2D eigenvalue weighted by atomic mass is 10.0. The van der Waals surface area contributed by atoms with Gasteiger partial charge in [-0.3, -0.25) is 4.79 Å². The molecule has 1 aromatic heterocycles. The van der Waals surface area contributed by atoms with Crippen molar-refractivity contribution in [2.45, 2.75) is 39.7 Å². The lowest BCUT2D eigenvalue weighted by molar-refractivity contribution is 0.0740. The fourth-order valence-corrected chi connectivity index (χ4v) is 5.63. The zero-order valence-corrected chi connectivity index (χ0v) is 22.6. The maximum atomic E-state index is 13.5. The summed E-state index contributed by atoms with van der Waals surface area (Å²) in [5.41, 5.74) is 6.76. The number of benzene rings is 2. The average Bonchev–Trinajstić information content (AvgIpc) is 2.95. The van der Waals surface area contributed by atoms with Gasteiger partial charge in [-0.2, -0.15) is 5.26 Å². The van der Waals surface area contributed by atoms with Crippen molar-refractivity contribution in [3.63, 3.8) is 0 Å². The zero-order valence-electron chi connectivity index (χ0n) is 22.6. The minimum Gasteiger partial charge on any atom is -0.370 e. The van der Waals surface area contributed by atoms with Crippen LogP contribution in [-0.2, 0) is 0 Å². The number of piperazine rings is 1. The van der Waals surface area contributed by atoms with E-state index >= 15 is 0 Å². The number of anilines is 3. The molecule has 7 heteroatoms. The van der Waals surface area contributed by atoms with Crippen molar-refractivity contribution in [3.8, 4) is 6.07 Å². The Morgan fingerprint density at radius 3 is 2.16 bits per heavy atom. The van der Waals surface area contributed by atoms with Gasteiger partial charge in [0, 0.05) is 51.0 Å². The number of para-hydroxylation sites is 2. The highest BCUT2D eigenvalue weighted by atomic mass is 16.2. The molecular formula is C31H36N6O. The summed E-state index contributed by atoms with van der Waals surface area (Å²) in [6, 6.07) is 20.9. The molecule has 0 aliphatic carbocycles. The lowest BCUT2D eigenvalue weighted by Crippen LogP contribution is -2.49. The Morgan fingerprint density at radius 2 is 1.47 bits per heavy atom. The number of aryl methyl sites for hydroxylation is 3. The summed E-state index contributed by atoms with van der Waals surface area (Å²) < 4.78 is 0. The first-order valence-corrected chi connectivity index (χ1v) is 13.5. The summed E-state index contributed by atoms with van der Waals surface area (Å²) in [6.07, 6.45) is 1.89. The minimum atomic E-state index is 0.0120. The molecule has 2 saturated heterocycles. The van der Waals surface area contributed by atoms with Gasteiger partial charge in [0.2, 0.25) is 0 Å². The Morgan fingerprint density at radius 1 is 0.842 bits per heavy atom. The van der Waals surface area contributed by atoms with E-state index in [0.717, 1.165) is 67.2 Å². The van der Waals surface area contributed by atoms with Gasteiger partial charge in [0.25, 0.3) is 5.91 Å². The first-order chi connectivity index (χ1) is 18.4. The molecule has 5 rings (SSSR count). The van der Waals surface area contributed by atoms with E-state index in [4.69, 9.17) is 4.98 Å². The molecule has 3 aromatic rings. The Balaban J connectivity index is 1.23. The van der Waals surface area contributed by atoms with E-state index in [1.165, 1.54) is 11.3 Å². The number of amides is 1. The topological polar surface area (TPSA) is 75.5 Å². The number of hydrogen-bond acceptors (Lipinski definition) is 6. The lowest BCUT2D eigenvalue weighted by Gasteiger charge is -2.37. The summed E-state index contributed by atoms with van der Waals surface area (Å²) in [5.74, 6) is 0.811. The van der Waals surface area contributed by atoms with E-state index in [0.29, 0.717) is 18.8 Å². The van der Waals surface area contributed by atoms with Crippen LogP contribution in [0.15, 0.2) is 54.6 Å². The fraction of sp³-hybridized carbons (Fsp3) is 0.387. The Hall–Kier alpha value is -4.05. The molecular weight excluding hydrogens is 472 g/mol. The molecule has 2 fully saturated rings. The van der Waals surface area contributed by atoms with Gasteiger partial charge in [0.1, 0.15) is 17.6 Å². The molecule has 0 radical (unpaired) electrons. The van der Waals surface area contributed by atoms with Gasteiger partial charge < -0.3 is 20.0 Å². The molecule has 0 spiro atoms. The molecule has 2 aromatic carbocycles. The van der Waals surface area contributed by atoms with Crippen molar-refractivity contribution >= 4 is 23.1 Å². The third kappa shape index (κ3) is 5.31. The molecule has 2 aliphatic heterocycles. The van der Waals surface area contributed by atoms with Crippen LogP contribution in [0.1, 0.15) is 45.6 Å². The van der Waals surface area contributed by atoms with Gasteiger partial charge in [-0.05, 0) is 68.5 Å². The Labute approximate surface area is 225 Å². The molecule has 0 bridgehead atoms. The standard InChI is InChI=1S/C31H36N6O/c1-22-8-4-6-10-27(22)36-16-18-37(19-17-36)31(38)29-23(2)20-24(3)30(34-29)33-26-12-14-35(15-13-26)28-11-7-5-9-25(28)21-32/h4-11,20,26H,12-19H2,1-3H3,(H,33,34). The summed E-state index contributed by atoms with van der Waals surface area (Å²) in [5, 5.41) is 13.1. The van der Waals surface area contributed by atoms with Crippen LogP contribution in [0.25, 0.3) is 0 Å². The molecule has 0 unspecified atom stereocenters. The van der Waals surface area contributed by atoms with Crippen molar-refractivity contribution < 1.29 is 4.79 Å². The van der Waals surface area contributed by atoms with Crippen LogP contribution in [0, 0.1) is 32.1 Å². The molecule has 196 valence electrons. The molecule has 7 nitrogen and oxygen atoms in total. The van der Waals surface area contributed by atoms with Crippen LogP contribution < -0.4 is 15.1 Å². The van der Waals surface area contributed by atoms with E-state index < -0.39 is 0 Å². The number of carbonyl (C=O) groups excluding carboxylic acids is 1. The Kier molecular flexibility index (Phi) is 7.50. The summed E-state index contributed by atoms with van der Waals surface area (Å²) in [4.78, 5) is 25.0. The average molecular weight is 509 g/mol. The second kappa shape index (κ2) is 11.1. The van der Waals surface area contributed by atoms with Crippen LogP contribution in [0.5, 0.6) is 0 Å². The fourth-order valence-electron chi connectivity index (χ4n) is 5.63. The third-order valence-electron chi connectivity index (χ3n) is 7.83. The number of aromatic nitrogens is 1. The predicted molar refractivity (Wildman–Crippen MR) is 153 cm³/mol. The van der Waals surface area contributed by atoms with Crippen LogP contribution in [0.3, 0.4) is 0 Å². The number of piperidine rings is 1. The largest absolute Gasteiger partial charge is 0.370 e. The smallest absolute Gasteiger partial charge is 0.272 e. The van der Waals surface area contributed by atoms with E-state index in [2.05, 4.69) is 65.4 Å². The van der Waals surface area contributed by atoms with Gasteiger partial charge in [-0.1, -0.05) is 36.4 Å². The Bertz CT molecular complexity index is 1350. The molecule has 3 heterocycles. The summed E-state index contributed by atoms with van der Waals surface area (Å²) in [6.45, 7) is 10.9. The second-order valence-corrected chi connectivity index (χ2v) is 10.4. The maximum absolute atomic E-state index is 13.5. The summed E-state index contributed by atoms with van der Waals surface area (Å²) in [7, 11) is 0. The van der Waals surface area contributed by atoms with Gasteiger partial charge >= 0.3 is 0 Å². The van der Waals surface area contributed by atoms with Crippen molar-refractivity contribution in [1.29, 1.82) is 5.26 Å². The normalized spacial score (nSPS) is 16.3. The van der Waals surface area contributed by atoms with Crippen LogP contribution >= 0.6 is 0 Å². The zero-order chi connectivity index (χ0) is 26.6. The SMILES string of the molecule is Cc1ccccc1N1CCN(C(=O)c2nc(NC3CCN(c4ccccc4C#N)CC3)c(C)cc2C)CC1. The molecule has 38 heavy (non-hydrogen) atoms. The molecule has 1 amide bonds. The number of rotatable bonds is 5. The van der Waals surface area contributed by atoms with Gasteiger partial charge in [-0.25, -0.2) is 4.98 Å². The van der Waals surface area contributed by atoms with Crippen molar-refractivity contribution in [3.05, 3.63) is 82.5 Å². The van der Waals surface area contributed by atoms with Crippen molar-refractivity contribution in [2.75, 3.05) is 54.4 Å². The van der Waals surface area contributed by atoms with E-state index in [-0.39, 0.29) is 11.9 Å². The van der Waals surface area contributed by atoms with Gasteiger partial charge in [0.15, 0.2) is 0 Å². The minimum absolute atomic E-state index is 0.0120. The van der Waals surface area contributed by atoms with Crippen LogP contribution in [0.2, 0.25) is 0 Å². The first kappa shape index (κ1) is 25.6.